The molecule has 16 heavy (non-hydrogen) atoms. The second-order valence-corrected chi connectivity index (χ2v) is 6.54. The van der Waals surface area contributed by atoms with Gasteiger partial charge in [0.2, 0.25) is 0 Å². The lowest BCUT2D eigenvalue weighted by atomic mass is 9.77. The van der Waals surface area contributed by atoms with Gasteiger partial charge in [-0.2, -0.15) is 0 Å². The Morgan fingerprint density at radius 3 is 2.06 bits per heavy atom. The number of hydrogen-bond acceptors (Lipinski definition) is 0. The molecule has 0 heterocycles. The number of rotatable bonds is 9. The highest BCUT2D eigenvalue weighted by Gasteiger charge is 2.20. The molecule has 0 aromatic heterocycles. The van der Waals surface area contributed by atoms with Crippen LogP contribution >= 0.6 is 0 Å². The number of hydrogen-bond donors (Lipinski definition) is 0. The molecule has 0 spiro atoms. The monoisotopic (exact) mass is 226 g/mol. The van der Waals surface area contributed by atoms with Crippen molar-refractivity contribution in [3.05, 3.63) is 0 Å². The van der Waals surface area contributed by atoms with Crippen molar-refractivity contribution in [2.45, 2.75) is 86.5 Å². The first-order valence-electron chi connectivity index (χ1n) is 7.43. The Balaban J connectivity index is 3.77. The SMILES string of the molecule is CCCC(C)(CC)CCCC(C)CC(C)C. The normalized spacial score (nSPS) is 17.4. The molecule has 0 N–H and O–H groups in total. The largest absolute Gasteiger partial charge is 0.0654 e. The van der Waals surface area contributed by atoms with E-state index in [0.29, 0.717) is 5.41 Å². The molecule has 2 unspecified atom stereocenters. The molecule has 0 aromatic rings. The summed E-state index contributed by atoms with van der Waals surface area (Å²) in [6, 6.07) is 0. The first-order chi connectivity index (χ1) is 7.43. The van der Waals surface area contributed by atoms with E-state index in [1.165, 1.54) is 44.9 Å². The summed E-state index contributed by atoms with van der Waals surface area (Å²) in [4.78, 5) is 0. The molecule has 2 atom stereocenters. The van der Waals surface area contributed by atoms with Gasteiger partial charge in [-0.3, -0.25) is 0 Å². The molecule has 0 heteroatoms. The van der Waals surface area contributed by atoms with Crippen LogP contribution in [0.4, 0.5) is 0 Å². The van der Waals surface area contributed by atoms with Gasteiger partial charge in [-0.1, -0.05) is 67.2 Å². The zero-order valence-corrected chi connectivity index (χ0v) is 12.6. The fourth-order valence-corrected chi connectivity index (χ4v) is 2.88. The Morgan fingerprint density at radius 1 is 1.00 bits per heavy atom. The van der Waals surface area contributed by atoms with Crippen molar-refractivity contribution in [2.24, 2.45) is 17.3 Å². The molecule has 0 aromatic carbocycles. The third-order valence-electron chi connectivity index (χ3n) is 4.06. The zero-order chi connectivity index (χ0) is 12.6. The van der Waals surface area contributed by atoms with E-state index >= 15 is 0 Å². The Labute approximate surface area is 104 Å². The summed E-state index contributed by atoms with van der Waals surface area (Å²) in [5.41, 5.74) is 0.617. The average molecular weight is 226 g/mol. The van der Waals surface area contributed by atoms with Crippen LogP contribution in [0.2, 0.25) is 0 Å². The van der Waals surface area contributed by atoms with Gasteiger partial charge >= 0.3 is 0 Å². The van der Waals surface area contributed by atoms with Crippen LogP contribution in [0.15, 0.2) is 0 Å². The van der Waals surface area contributed by atoms with Crippen LogP contribution in [0.1, 0.15) is 86.5 Å². The van der Waals surface area contributed by atoms with Gasteiger partial charge in [-0.25, -0.2) is 0 Å². The third kappa shape index (κ3) is 7.30. The standard InChI is InChI=1S/C16H34/c1-7-11-16(6,8-2)12-9-10-15(5)13-14(3)4/h14-15H,7-13H2,1-6H3. The molecule has 0 bridgehead atoms. The predicted octanol–water partition coefficient (Wildman–Crippen LogP) is 6.06. The zero-order valence-electron chi connectivity index (χ0n) is 12.6. The molecule has 0 saturated heterocycles. The lowest BCUT2D eigenvalue weighted by Crippen LogP contribution is -2.15. The molecule has 0 aliphatic rings. The van der Waals surface area contributed by atoms with E-state index < -0.39 is 0 Å². The summed E-state index contributed by atoms with van der Waals surface area (Å²) in [5, 5.41) is 0. The maximum atomic E-state index is 2.48. The Hall–Kier alpha value is 0. The second kappa shape index (κ2) is 8.14. The van der Waals surface area contributed by atoms with E-state index in [4.69, 9.17) is 0 Å². The topological polar surface area (TPSA) is 0 Å². The molecule has 0 aliphatic carbocycles. The van der Waals surface area contributed by atoms with Crippen LogP contribution < -0.4 is 0 Å². The van der Waals surface area contributed by atoms with Crippen LogP contribution in [0.5, 0.6) is 0 Å². The summed E-state index contributed by atoms with van der Waals surface area (Å²) in [7, 11) is 0. The second-order valence-electron chi connectivity index (χ2n) is 6.54. The lowest BCUT2D eigenvalue weighted by Gasteiger charge is -2.28. The van der Waals surface area contributed by atoms with E-state index in [1.807, 2.05) is 0 Å². The summed E-state index contributed by atoms with van der Waals surface area (Å²) >= 11 is 0. The van der Waals surface area contributed by atoms with Crippen molar-refractivity contribution in [3.63, 3.8) is 0 Å². The average Bonchev–Trinajstić information content (AvgIpc) is 2.17. The van der Waals surface area contributed by atoms with Gasteiger partial charge in [-0.15, -0.1) is 0 Å². The summed E-state index contributed by atoms with van der Waals surface area (Å²) in [6.07, 6.45) is 9.78. The smallest absolute Gasteiger partial charge is 0.0329 e. The van der Waals surface area contributed by atoms with Crippen molar-refractivity contribution in [3.8, 4) is 0 Å². The summed E-state index contributed by atoms with van der Waals surface area (Å²) < 4.78 is 0. The van der Waals surface area contributed by atoms with Gasteiger partial charge in [0.15, 0.2) is 0 Å². The Kier molecular flexibility index (Phi) is 8.14. The molecule has 0 saturated carbocycles. The summed E-state index contributed by atoms with van der Waals surface area (Å²) in [5.74, 6) is 1.78. The minimum absolute atomic E-state index is 0.617. The molecule has 0 fully saturated rings. The minimum Gasteiger partial charge on any atom is -0.0654 e. The van der Waals surface area contributed by atoms with E-state index in [9.17, 15) is 0 Å². The van der Waals surface area contributed by atoms with E-state index in [1.54, 1.807) is 0 Å². The van der Waals surface area contributed by atoms with Crippen LogP contribution in [-0.2, 0) is 0 Å². The van der Waals surface area contributed by atoms with Gasteiger partial charge in [-0.05, 0) is 36.5 Å². The molecule has 0 rings (SSSR count). The lowest BCUT2D eigenvalue weighted by molar-refractivity contribution is 0.240. The summed E-state index contributed by atoms with van der Waals surface area (Å²) in [6.45, 7) is 14.2. The third-order valence-corrected chi connectivity index (χ3v) is 4.06. The van der Waals surface area contributed by atoms with Gasteiger partial charge < -0.3 is 0 Å². The fourth-order valence-electron chi connectivity index (χ4n) is 2.88. The molecule has 0 nitrogen and oxygen atoms in total. The highest BCUT2D eigenvalue weighted by atomic mass is 14.3. The molecule has 98 valence electrons. The van der Waals surface area contributed by atoms with Crippen molar-refractivity contribution in [2.75, 3.05) is 0 Å². The van der Waals surface area contributed by atoms with Crippen LogP contribution in [-0.4, -0.2) is 0 Å². The van der Waals surface area contributed by atoms with Crippen LogP contribution in [0.25, 0.3) is 0 Å². The highest BCUT2D eigenvalue weighted by molar-refractivity contribution is 4.72. The maximum Gasteiger partial charge on any atom is -0.0329 e. The van der Waals surface area contributed by atoms with Gasteiger partial charge in [0, 0.05) is 0 Å². The van der Waals surface area contributed by atoms with Gasteiger partial charge in [0.25, 0.3) is 0 Å². The molecule has 0 radical (unpaired) electrons. The van der Waals surface area contributed by atoms with E-state index in [-0.39, 0.29) is 0 Å². The fraction of sp³-hybridized carbons (Fsp3) is 1.00. The molecule has 0 aliphatic heterocycles. The Morgan fingerprint density at radius 2 is 1.62 bits per heavy atom. The molecule has 0 amide bonds. The van der Waals surface area contributed by atoms with Gasteiger partial charge in [0.05, 0.1) is 0 Å². The Bertz CT molecular complexity index is 159. The predicted molar refractivity (Wildman–Crippen MR) is 75.8 cm³/mol. The minimum atomic E-state index is 0.617. The van der Waals surface area contributed by atoms with E-state index in [2.05, 4.69) is 41.5 Å². The first kappa shape index (κ1) is 16.0. The van der Waals surface area contributed by atoms with Gasteiger partial charge in [0.1, 0.15) is 0 Å². The molecular weight excluding hydrogens is 192 g/mol. The van der Waals surface area contributed by atoms with Crippen LogP contribution in [0, 0.1) is 17.3 Å². The molecular formula is C16H34. The highest BCUT2D eigenvalue weighted by Crippen LogP contribution is 2.34. The van der Waals surface area contributed by atoms with Crippen LogP contribution in [0.3, 0.4) is 0 Å². The van der Waals surface area contributed by atoms with Crippen molar-refractivity contribution in [1.29, 1.82) is 0 Å². The van der Waals surface area contributed by atoms with E-state index in [0.717, 1.165) is 11.8 Å². The quantitative estimate of drug-likeness (QED) is 0.448. The van der Waals surface area contributed by atoms with Crippen molar-refractivity contribution < 1.29 is 0 Å². The van der Waals surface area contributed by atoms with Crippen molar-refractivity contribution >= 4 is 0 Å². The first-order valence-corrected chi connectivity index (χ1v) is 7.43. The maximum absolute atomic E-state index is 2.48. The van der Waals surface area contributed by atoms with Crippen molar-refractivity contribution in [1.82, 2.24) is 0 Å².